The van der Waals surface area contributed by atoms with Crippen molar-refractivity contribution in [3.05, 3.63) is 22.7 Å². The lowest BCUT2D eigenvalue weighted by atomic mass is 10.2. The maximum atomic E-state index is 11.4. The van der Waals surface area contributed by atoms with E-state index in [-0.39, 0.29) is 11.9 Å². The Hall–Kier alpha value is -1.46. The molecule has 0 saturated carbocycles. The van der Waals surface area contributed by atoms with E-state index in [4.69, 9.17) is 21.1 Å². The molecule has 106 valence electrons. The van der Waals surface area contributed by atoms with Crippen molar-refractivity contribution in [3.8, 4) is 11.5 Å². The highest BCUT2D eigenvalue weighted by molar-refractivity contribution is 6.32. The van der Waals surface area contributed by atoms with Crippen LogP contribution in [0, 0.1) is 0 Å². The molecule has 6 heteroatoms. The first-order valence-corrected chi connectivity index (χ1v) is 6.26. The summed E-state index contributed by atoms with van der Waals surface area (Å²) in [7, 11) is 4.70. The summed E-state index contributed by atoms with van der Waals surface area (Å²) in [6.07, 6.45) is 0. The molecule has 0 radical (unpaired) electrons. The first kappa shape index (κ1) is 15.6. The number of rotatable bonds is 6. The van der Waals surface area contributed by atoms with Gasteiger partial charge in [-0.1, -0.05) is 11.6 Å². The number of hydrogen-bond acceptors (Lipinski definition) is 4. The van der Waals surface area contributed by atoms with Gasteiger partial charge >= 0.3 is 0 Å². The van der Waals surface area contributed by atoms with E-state index in [0.717, 1.165) is 5.56 Å². The molecule has 0 saturated heterocycles. The van der Waals surface area contributed by atoms with Gasteiger partial charge in [0.05, 0.1) is 25.3 Å². The second-order valence-electron chi connectivity index (χ2n) is 4.03. The fourth-order valence-electron chi connectivity index (χ4n) is 1.65. The minimum atomic E-state index is -0.281. The van der Waals surface area contributed by atoms with E-state index in [2.05, 4.69) is 10.6 Å². The van der Waals surface area contributed by atoms with Crippen molar-refractivity contribution in [2.45, 2.75) is 19.5 Å². The molecule has 1 amide bonds. The molecule has 0 fully saturated rings. The van der Waals surface area contributed by atoms with Gasteiger partial charge in [-0.05, 0) is 24.6 Å². The van der Waals surface area contributed by atoms with Crippen LogP contribution in [0.25, 0.3) is 0 Å². The summed E-state index contributed by atoms with van der Waals surface area (Å²) in [4.78, 5) is 11.4. The summed E-state index contributed by atoms with van der Waals surface area (Å²) in [5.41, 5.74) is 0.915. The fourth-order valence-corrected chi connectivity index (χ4v) is 1.96. The summed E-state index contributed by atoms with van der Waals surface area (Å²) in [5.74, 6) is 1.01. The van der Waals surface area contributed by atoms with E-state index in [9.17, 15) is 4.79 Å². The molecule has 2 N–H and O–H groups in total. The summed E-state index contributed by atoms with van der Waals surface area (Å²) in [5, 5.41) is 6.16. The molecule has 19 heavy (non-hydrogen) atoms. The zero-order chi connectivity index (χ0) is 14.4. The molecule has 0 heterocycles. The van der Waals surface area contributed by atoms with E-state index in [0.29, 0.717) is 23.1 Å². The lowest BCUT2D eigenvalue weighted by molar-refractivity contribution is -0.122. The van der Waals surface area contributed by atoms with Gasteiger partial charge in [0, 0.05) is 13.6 Å². The highest BCUT2D eigenvalue weighted by Gasteiger charge is 2.13. The molecule has 1 rings (SSSR count). The normalized spacial score (nSPS) is 11.8. The minimum Gasteiger partial charge on any atom is -0.493 e. The monoisotopic (exact) mass is 286 g/mol. The number of carbonyl (C=O) groups is 1. The third kappa shape index (κ3) is 4.01. The molecule has 0 aliphatic heterocycles. The fraction of sp³-hybridized carbons (Fsp3) is 0.462. The molecule has 5 nitrogen and oxygen atoms in total. The van der Waals surface area contributed by atoms with Gasteiger partial charge in [0.2, 0.25) is 5.91 Å². The van der Waals surface area contributed by atoms with E-state index >= 15 is 0 Å². The summed E-state index contributed by atoms with van der Waals surface area (Å²) >= 11 is 6.11. The van der Waals surface area contributed by atoms with Crippen molar-refractivity contribution in [1.82, 2.24) is 10.6 Å². The molecule has 0 aliphatic carbocycles. The van der Waals surface area contributed by atoms with Crippen LogP contribution in [0.5, 0.6) is 11.5 Å². The summed E-state index contributed by atoms with van der Waals surface area (Å²) in [6, 6.07) is 3.33. The van der Waals surface area contributed by atoms with Crippen LogP contribution < -0.4 is 20.1 Å². The first-order valence-electron chi connectivity index (χ1n) is 5.88. The molecule has 1 aromatic rings. The largest absolute Gasteiger partial charge is 0.493 e. The standard InChI is InChI=1S/C13H19ClN2O3/c1-8(13(17)15-2)16-7-9-5-10(14)12(19-4)11(6-9)18-3/h5-6,8,16H,7H2,1-4H3,(H,15,17). The zero-order valence-electron chi connectivity index (χ0n) is 11.5. The Balaban J connectivity index is 2.80. The molecule has 0 aromatic heterocycles. The minimum absolute atomic E-state index is 0.0634. The molecule has 0 bridgehead atoms. The van der Waals surface area contributed by atoms with E-state index in [1.54, 1.807) is 27.1 Å². The van der Waals surface area contributed by atoms with Crippen LogP contribution in [0.4, 0.5) is 0 Å². The number of ether oxygens (including phenoxy) is 2. The second-order valence-corrected chi connectivity index (χ2v) is 4.44. The Bertz CT molecular complexity index is 452. The van der Waals surface area contributed by atoms with Gasteiger partial charge in [0.25, 0.3) is 0 Å². The van der Waals surface area contributed by atoms with Gasteiger partial charge in [-0.3, -0.25) is 4.79 Å². The number of halogens is 1. The lowest BCUT2D eigenvalue weighted by Gasteiger charge is -2.15. The van der Waals surface area contributed by atoms with Crippen LogP contribution in [0.1, 0.15) is 12.5 Å². The van der Waals surface area contributed by atoms with Gasteiger partial charge in [-0.15, -0.1) is 0 Å². The van der Waals surface area contributed by atoms with Crippen LogP contribution in [0.2, 0.25) is 5.02 Å². The van der Waals surface area contributed by atoms with E-state index in [1.165, 1.54) is 7.11 Å². The molecule has 0 spiro atoms. The molecule has 1 atom stereocenters. The Morgan fingerprint density at radius 1 is 1.37 bits per heavy atom. The number of benzene rings is 1. The van der Waals surface area contributed by atoms with Crippen LogP contribution in [0.3, 0.4) is 0 Å². The predicted octanol–water partition coefficient (Wildman–Crippen LogP) is 1.58. The summed E-state index contributed by atoms with van der Waals surface area (Å²) in [6.45, 7) is 2.30. The van der Waals surface area contributed by atoms with Crippen LogP contribution >= 0.6 is 11.6 Å². The molecular formula is C13H19ClN2O3. The van der Waals surface area contributed by atoms with E-state index < -0.39 is 0 Å². The highest BCUT2D eigenvalue weighted by atomic mass is 35.5. The van der Waals surface area contributed by atoms with Gasteiger partial charge in [-0.25, -0.2) is 0 Å². The third-order valence-electron chi connectivity index (χ3n) is 2.75. The van der Waals surface area contributed by atoms with Crippen LogP contribution in [-0.2, 0) is 11.3 Å². The average molecular weight is 287 g/mol. The van der Waals surface area contributed by atoms with Gasteiger partial charge < -0.3 is 20.1 Å². The number of methoxy groups -OCH3 is 2. The Labute approximate surface area is 118 Å². The van der Waals surface area contributed by atoms with Gasteiger partial charge in [0.15, 0.2) is 11.5 Å². The van der Waals surface area contributed by atoms with Crippen molar-refractivity contribution >= 4 is 17.5 Å². The Morgan fingerprint density at radius 3 is 2.58 bits per heavy atom. The molecule has 1 unspecified atom stereocenters. The maximum absolute atomic E-state index is 11.4. The van der Waals surface area contributed by atoms with Crippen LogP contribution in [-0.4, -0.2) is 33.2 Å². The average Bonchev–Trinajstić information content (AvgIpc) is 2.42. The number of carbonyl (C=O) groups excluding carboxylic acids is 1. The van der Waals surface area contributed by atoms with Crippen LogP contribution in [0.15, 0.2) is 12.1 Å². The van der Waals surface area contributed by atoms with Crippen molar-refractivity contribution in [2.75, 3.05) is 21.3 Å². The number of amides is 1. The van der Waals surface area contributed by atoms with E-state index in [1.807, 2.05) is 6.07 Å². The van der Waals surface area contributed by atoms with Crippen molar-refractivity contribution in [1.29, 1.82) is 0 Å². The number of nitrogens with one attached hydrogen (secondary N) is 2. The zero-order valence-corrected chi connectivity index (χ0v) is 12.3. The quantitative estimate of drug-likeness (QED) is 0.834. The lowest BCUT2D eigenvalue weighted by Crippen LogP contribution is -2.40. The number of likely N-dealkylation sites (N-methyl/N-ethyl adjacent to an activating group) is 1. The molecule has 0 aliphatic rings. The van der Waals surface area contributed by atoms with Crippen molar-refractivity contribution in [2.24, 2.45) is 0 Å². The number of hydrogen-bond donors (Lipinski definition) is 2. The van der Waals surface area contributed by atoms with Gasteiger partial charge in [-0.2, -0.15) is 0 Å². The predicted molar refractivity (Wildman–Crippen MR) is 74.9 cm³/mol. The molecular weight excluding hydrogens is 268 g/mol. The SMILES string of the molecule is CNC(=O)C(C)NCc1cc(Cl)c(OC)c(OC)c1. The second kappa shape index (κ2) is 7.21. The summed E-state index contributed by atoms with van der Waals surface area (Å²) < 4.78 is 10.4. The highest BCUT2D eigenvalue weighted by Crippen LogP contribution is 2.35. The Kier molecular flexibility index (Phi) is 5.92. The smallest absolute Gasteiger partial charge is 0.236 e. The Morgan fingerprint density at radius 2 is 2.05 bits per heavy atom. The maximum Gasteiger partial charge on any atom is 0.236 e. The first-order chi connectivity index (χ1) is 9.03. The topological polar surface area (TPSA) is 59.6 Å². The van der Waals surface area contributed by atoms with Crippen molar-refractivity contribution in [3.63, 3.8) is 0 Å². The van der Waals surface area contributed by atoms with Gasteiger partial charge in [0.1, 0.15) is 0 Å². The molecule has 1 aromatic carbocycles. The van der Waals surface area contributed by atoms with Crippen molar-refractivity contribution < 1.29 is 14.3 Å². The third-order valence-corrected chi connectivity index (χ3v) is 3.03.